The predicted octanol–water partition coefficient (Wildman–Crippen LogP) is 1.51. The minimum Gasteiger partial charge on any atom is -0.396 e. The Balaban J connectivity index is 2.36. The van der Waals surface area contributed by atoms with Gasteiger partial charge in [0.2, 0.25) is 0 Å². The summed E-state index contributed by atoms with van der Waals surface area (Å²) in [4.78, 5) is 12.6. The number of aromatic nitrogens is 2. The molecule has 1 aromatic heterocycles. The smallest absolute Gasteiger partial charge is 0.153 e. The molecule has 0 radical (unpaired) electrons. The monoisotopic (exact) mass is 234 g/mol. The van der Waals surface area contributed by atoms with Crippen molar-refractivity contribution in [1.29, 1.82) is 0 Å². The van der Waals surface area contributed by atoms with Crippen LogP contribution in [0.3, 0.4) is 0 Å². The van der Waals surface area contributed by atoms with Crippen molar-refractivity contribution in [1.82, 2.24) is 9.97 Å². The minimum absolute atomic E-state index is 0.174. The summed E-state index contributed by atoms with van der Waals surface area (Å²) in [6, 6.07) is 0. The predicted molar refractivity (Wildman–Crippen MR) is 67.4 cm³/mol. The normalized spacial score (nSPS) is 24.4. The van der Waals surface area contributed by atoms with E-state index in [0.29, 0.717) is 11.5 Å². The lowest BCUT2D eigenvalue weighted by atomic mass is 9.79. The van der Waals surface area contributed by atoms with Gasteiger partial charge < -0.3 is 10.8 Å². The van der Waals surface area contributed by atoms with Crippen molar-refractivity contribution in [3.63, 3.8) is 0 Å². The first-order valence-electron chi connectivity index (χ1n) is 5.94. The fourth-order valence-electron chi connectivity index (χ4n) is 2.40. The molecule has 0 aliphatic carbocycles. The van der Waals surface area contributed by atoms with Gasteiger partial charge in [0.1, 0.15) is 12.0 Å². The zero-order valence-electron chi connectivity index (χ0n) is 10.2. The van der Waals surface area contributed by atoms with Gasteiger partial charge in [-0.2, -0.15) is 0 Å². The Morgan fingerprint density at radius 3 is 2.88 bits per heavy atom. The van der Waals surface area contributed by atoms with E-state index in [9.17, 15) is 5.11 Å². The summed E-state index contributed by atoms with van der Waals surface area (Å²) in [6.45, 7) is 4.35. The number of hydrogen-bond acceptors (Lipinski definition) is 5. The SMILES string of the molecule is CCC(CO)C1C=Nc2c(N)ncnc2C1C. The molecular weight excluding hydrogens is 216 g/mol. The van der Waals surface area contributed by atoms with Crippen molar-refractivity contribution >= 4 is 17.7 Å². The van der Waals surface area contributed by atoms with E-state index in [2.05, 4.69) is 28.8 Å². The molecule has 1 aromatic rings. The number of hydrogen-bond donors (Lipinski definition) is 2. The molecule has 0 saturated carbocycles. The molecule has 1 aliphatic heterocycles. The van der Waals surface area contributed by atoms with Gasteiger partial charge in [0, 0.05) is 24.7 Å². The molecule has 5 nitrogen and oxygen atoms in total. The van der Waals surface area contributed by atoms with Crippen LogP contribution in [0.15, 0.2) is 11.3 Å². The Hall–Kier alpha value is -1.49. The van der Waals surface area contributed by atoms with Crippen molar-refractivity contribution in [3.05, 3.63) is 12.0 Å². The molecule has 17 heavy (non-hydrogen) atoms. The average Bonchev–Trinajstić information content (AvgIpc) is 2.34. The van der Waals surface area contributed by atoms with Crippen LogP contribution < -0.4 is 5.73 Å². The van der Waals surface area contributed by atoms with Gasteiger partial charge in [-0.3, -0.25) is 4.99 Å². The third-order valence-corrected chi connectivity index (χ3v) is 3.57. The maximum Gasteiger partial charge on any atom is 0.153 e. The van der Waals surface area contributed by atoms with Crippen LogP contribution in [0.25, 0.3) is 0 Å². The fourth-order valence-corrected chi connectivity index (χ4v) is 2.40. The summed E-state index contributed by atoms with van der Waals surface area (Å²) < 4.78 is 0. The van der Waals surface area contributed by atoms with Crippen LogP contribution in [0, 0.1) is 11.8 Å². The Kier molecular flexibility index (Phi) is 3.38. The van der Waals surface area contributed by atoms with Gasteiger partial charge in [-0.1, -0.05) is 20.3 Å². The molecule has 0 fully saturated rings. The number of aliphatic hydroxyl groups is 1. The summed E-state index contributed by atoms with van der Waals surface area (Å²) in [5, 5.41) is 9.38. The molecule has 3 unspecified atom stereocenters. The second-order valence-electron chi connectivity index (χ2n) is 4.49. The highest BCUT2D eigenvalue weighted by atomic mass is 16.3. The van der Waals surface area contributed by atoms with Crippen LogP contribution in [0.2, 0.25) is 0 Å². The summed E-state index contributed by atoms with van der Waals surface area (Å²) in [6.07, 6.45) is 4.28. The molecular formula is C12H18N4O. The van der Waals surface area contributed by atoms with Gasteiger partial charge in [-0.05, 0) is 5.92 Å². The average molecular weight is 234 g/mol. The molecule has 2 heterocycles. The van der Waals surface area contributed by atoms with E-state index in [-0.39, 0.29) is 24.4 Å². The molecule has 0 saturated heterocycles. The number of nitrogens with two attached hydrogens (primary N) is 1. The van der Waals surface area contributed by atoms with E-state index >= 15 is 0 Å². The zero-order chi connectivity index (χ0) is 12.4. The lowest BCUT2D eigenvalue weighted by Gasteiger charge is -2.30. The van der Waals surface area contributed by atoms with E-state index in [0.717, 1.165) is 12.1 Å². The van der Waals surface area contributed by atoms with Crippen LogP contribution in [0.1, 0.15) is 31.9 Å². The first-order chi connectivity index (χ1) is 8.19. The zero-order valence-corrected chi connectivity index (χ0v) is 10.2. The van der Waals surface area contributed by atoms with Gasteiger partial charge in [-0.15, -0.1) is 0 Å². The Bertz CT molecular complexity index is 429. The molecule has 0 amide bonds. The van der Waals surface area contributed by atoms with E-state index < -0.39 is 0 Å². The highest BCUT2D eigenvalue weighted by molar-refractivity contribution is 5.76. The van der Waals surface area contributed by atoms with E-state index in [1.54, 1.807) is 0 Å². The number of nitrogens with zero attached hydrogens (tertiary/aromatic N) is 3. The number of nitrogen functional groups attached to an aromatic ring is 1. The summed E-state index contributed by atoms with van der Waals surface area (Å²) >= 11 is 0. The topological polar surface area (TPSA) is 84.4 Å². The van der Waals surface area contributed by atoms with Crippen molar-refractivity contribution in [2.75, 3.05) is 12.3 Å². The molecule has 0 bridgehead atoms. The number of aliphatic imine (C=N–C) groups is 1. The summed E-state index contributed by atoms with van der Waals surface area (Å²) in [7, 11) is 0. The summed E-state index contributed by atoms with van der Waals surface area (Å²) in [5.41, 5.74) is 7.35. The van der Waals surface area contributed by atoms with Crippen molar-refractivity contribution < 1.29 is 5.11 Å². The molecule has 2 rings (SSSR count). The molecule has 1 aliphatic rings. The maximum atomic E-state index is 9.38. The van der Waals surface area contributed by atoms with Crippen LogP contribution in [-0.4, -0.2) is 27.9 Å². The maximum absolute atomic E-state index is 9.38. The highest BCUT2D eigenvalue weighted by Crippen LogP contribution is 2.39. The van der Waals surface area contributed by atoms with Gasteiger partial charge in [0.25, 0.3) is 0 Å². The first kappa shape index (κ1) is 12.0. The Morgan fingerprint density at radius 2 is 2.24 bits per heavy atom. The van der Waals surface area contributed by atoms with Gasteiger partial charge >= 0.3 is 0 Å². The molecule has 3 N–H and O–H groups in total. The number of anilines is 1. The van der Waals surface area contributed by atoms with Crippen LogP contribution in [0.5, 0.6) is 0 Å². The summed E-state index contributed by atoms with van der Waals surface area (Å²) in [5.74, 6) is 1.07. The van der Waals surface area contributed by atoms with Crippen LogP contribution in [-0.2, 0) is 0 Å². The number of fused-ring (bicyclic) bond motifs is 1. The molecule has 5 heteroatoms. The number of rotatable bonds is 3. The van der Waals surface area contributed by atoms with E-state index in [4.69, 9.17) is 5.73 Å². The van der Waals surface area contributed by atoms with E-state index in [1.807, 2.05) is 6.21 Å². The highest BCUT2D eigenvalue weighted by Gasteiger charge is 2.31. The van der Waals surface area contributed by atoms with Crippen molar-refractivity contribution in [2.45, 2.75) is 26.2 Å². The standard InChI is InChI=1S/C12H18N4O/c1-3-8(5-17)9-4-14-11-10(7(9)2)15-6-16-12(11)13/h4,6-9,17H,3,5H2,1-2H3,(H2,13,15,16). The van der Waals surface area contributed by atoms with Crippen molar-refractivity contribution in [3.8, 4) is 0 Å². The van der Waals surface area contributed by atoms with Crippen LogP contribution in [0.4, 0.5) is 11.5 Å². The van der Waals surface area contributed by atoms with Gasteiger partial charge in [0.15, 0.2) is 5.82 Å². The van der Waals surface area contributed by atoms with Crippen LogP contribution >= 0.6 is 0 Å². The number of aliphatic hydroxyl groups excluding tert-OH is 1. The largest absolute Gasteiger partial charge is 0.396 e. The third kappa shape index (κ3) is 2.02. The minimum atomic E-state index is 0.174. The lowest BCUT2D eigenvalue weighted by Crippen LogP contribution is -2.27. The Morgan fingerprint density at radius 1 is 1.47 bits per heavy atom. The quantitative estimate of drug-likeness (QED) is 0.830. The van der Waals surface area contributed by atoms with Gasteiger partial charge in [-0.25, -0.2) is 9.97 Å². The lowest BCUT2D eigenvalue weighted by molar-refractivity contribution is 0.186. The third-order valence-electron chi connectivity index (χ3n) is 3.57. The Labute approximate surface area is 101 Å². The molecule has 0 aromatic carbocycles. The fraction of sp³-hybridized carbons (Fsp3) is 0.583. The second kappa shape index (κ2) is 4.79. The van der Waals surface area contributed by atoms with E-state index in [1.165, 1.54) is 6.33 Å². The molecule has 3 atom stereocenters. The molecule has 92 valence electrons. The molecule has 0 spiro atoms. The first-order valence-corrected chi connectivity index (χ1v) is 5.94. The second-order valence-corrected chi connectivity index (χ2v) is 4.49. The van der Waals surface area contributed by atoms with Crippen molar-refractivity contribution in [2.24, 2.45) is 16.8 Å². The van der Waals surface area contributed by atoms with Gasteiger partial charge in [0.05, 0.1) is 5.69 Å².